The first-order chi connectivity index (χ1) is 11.8. The van der Waals surface area contributed by atoms with Gasteiger partial charge in [-0.15, -0.1) is 0 Å². The van der Waals surface area contributed by atoms with E-state index >= 15 is 0 Å². The Morgan fingerprint density at radius 1 is 1.20 bits per heavy atom. The van der Waals surface area contributed by atoms with Crippen molar-refractivity contribution in [3.8, 4) is 0 Å². The third kappa shape index (κ3) is 3.44. The van der Waals surface area contributed by atoms with Crippen molar-refractivity contribution < 1.29 is 22.8 Å². The number of benzene rings is 1. The fraction of sp³-hybridized carbons (Fsp3) is 0.250. The first kappa shape index (κ1) is 16.9. The lowest BCUT2D eigenvalue weighted by Crippen LogP contribution is -2.30. The largest absolute Gasteiger partial charge is 0.416 e. The number of hydrogen-bond donors (Lipinski definition) is 1. The van der Waals surface area contributed by atoms with E-state index in [0.29, 0.717) is 11.4 Å². The normalized spacial score (nSPS) is 17.8. The highest BCUT2D eigenvalue weighted by molar-refractivity contribution is 6.04. The van der Waals surface area contributed by atoms with Gasteiger partial charge in [-0.1, -0.05) is 12.1 Å². The minimum atomic E-state index is -4.53. The predicted molar refractivity (Wildman–Crippen MR) is 80.0 cm³/mol. The topological polar surface area (TPSA) is 75.2 Å². The average Bonchev–Trinajstić information content (AvgIpc) is 2.84. The molecule has 1 aliphatic rings. The molecule has 1 aromatic carbocycles. The number of nitrogens with zero attached hydrogens (tertiary/aromatic N) is 3. The van der Waals surface area contributed by atoms with Crippen LogP contribution in [-0.2, 0) is 17.5 Å². The zero-order valence-corrected chi connectivity index (χ0v) is 13.0. The molecule has 3 amide bonds. The second-order valence-electron chi connectivity index (χ2n) is 5.58. The Kier molecular flexibility index (Phi) is 4.15. The van der Waals surface area contributed by atoms with Crippen LogP contribution in [0.3, 0.4) is 0 Å². The van der Waals surface area contributed by atoms with Crippen LogP contribution < -0.4 is 5.32 Å². The van der Waals surface area contributed by atoms with Crippen LogP contribution in [0.1, 0.15) is 28.6 Å². The summed E-state index contributed by atoms with van der Waals surface area (Å²) in [5, 5.41) is 2.40. The number of carbonyl (C=O) groups is 2. The van der Waals surface area contributed by atoms with Crippen LogP contribution in [0.15, 0.2) is 36.7 Å². The van der Waals surface area contributed by atoms with Crippen molar-refractivity contribution in [3.05, 3.63) is 59.2 Å². The van der Waals surface area contributed by atoms with Crippen molar-refractivity contribution in [2.45, 2.75) is 25.7 Å². The quantitative estimate of drug-likeness (QED) is 0.864. The molecule has 0 saturated carbocycles. The van der Waals surface area contributed by atoms with Gasteiger partial charge < -0.3 is 5.32 Å². The smallest absolute Gasteiger partial charge is 0.322 e. The number of carbonyl (C=O) groups excluding carboxylic acids is 2. The number of nitrogens with one attached hydrogen (secondary N) is 1. The molecule has 2 aromatic rings. The Hall–Kier alpha value is -2.97. The number of aryl methyl sites for hydroxylation is 1. The van der Waals surface area contributed by atoms with E-state index in [0.717, 1.165) is 17.0 Å². The summed E-state index contributed by atoms with van der Waals surface area (Å²) in [4.78, 5) is 33.5. The van der Waals surface area contributed by atoms with Crippen molar-refractivity contribution in [3.63, 3.8) is 0 Å². The van der Waals surface area contributed by atoms with Gasteiger partial charge in [0.25, 0.3) is 5.91 Å². The van der Waals surface area contributed by atoms with Crippen LogP contribution >= 0.6 is 0 Å². The summed E-state index contributed by atoms with van der Waals surface area (Å²) in [7, 11) is 0. The fourth-order valence-corrected chi connectivity index (χ4v) is 2.45. The standard InChI is InChI=1S/C16H13F3N4O2/c1-9-6-21-12(7-20-9)8-23-14(24)13(22-15(23)25)10-3-2-4-11(5-10)16(17,18)19/h2-7,13H,8H2,1H3,(H,22,25). The lowest BCUT2D eigenvalue weighted by atomic mass is 10.0. The number of alkyl halides is 3. The first-order valence-corrected chi connectivity index (χ1v) is 7.32. The van der Waals surface area contributed by atoms with Crippen molar-refractivity contribution in [2.75, 3.05) is 0 Å². The van der Waals surface area contributed by atoms with Crippen LogP contribution in [0.5, 0.6) is 0 Å². The minimum Gasteiger partial charge on any atom is -0.322 e. The molecule has 1 aromatic heterocycles. The predicted octanol–water partition coefficient (Wildman–Crippen LogP) is 2.60. The number of rotatable bonds is 3. The zero-order chi connectivity index (χ0) is 18.2. The Morgan fingerprint density at radius 2 is 1.96 bits per heavy atom. The molecular weight excluding hydrogens is 337 g/mol. The molecule has 0 bridgehead atoms. The van der Waals surface area contributed by atoms with E-state index in [1.165, 1.54) is 24.5 Å². The number of halogens is 3. The summed E-state index contributed by atoms with van der Waals surface area (Å²) < 4.78 is 38.5. The van der Waals surface area contributed by atoms with Gasteiger partial charge in [0.15, 0.2) is 0 Å². The second-order valence-corrected chi connectivity index (χ2v) is 5.58. The van der Waals surface area contributed by atoms with Gasteiger partial charge in [-0.25, -0.2) is 4.79 Å². The van der Waals surface area contributed by atoms with E-state index in [-0.39, 0.29) is 12.1 Å². The number of amides is 3. The van der Waals surface area contributed by atoms with Crippen LogP contribution in [0.2, 0.25) is 0 Å². The molecule has 1 atom stereocenters. The Morgan fingerprint density at radius 3 is 2.60 bits per heavy atom. The highest BCUT2D eigenvalue weighted by Crippen LogP contribution is 2.32. The molecule has 0 radical (unpaired) electrons. The Labute approximate surface area is 140 Å². The molecule has 2 heterocycles. The summed E-state index contributed by atoms with van der Waals surface area (Å²) in [5.41, 5.74) is 0.280. The maximum Gasteiger partial charge on any atom is 0.416 e. The minimum absolute atomic E-state index is 0.0747. The van der Waals surface area contributed by atoms with Gasteiger partial charge >= 0.3 is 12.2 Å². The second kappa shape index (κ2) is 6.15. The fourth-order valence-electron chi connectivity index (χ4n) is 2.45. The SMILES string of the molecule is Cc1cnc(CN2C(=O)NC(c3cccc(C(F)(F)F)c3)C2=O)cn1. The number of hydrogen-bond acceptors (Lipinski definition) is 4. The third-order valence-corrected chi connectivity index (χ3v) is 3.73. The van der Waals surface area contributed by atoms with E-state index < -0.39 is 29.7 Å². The van der Waals surface area contributed by atoms with Gasteiger partial charge in [0.2, 0.25) is 0 Å². The van der Waals surface area contributed by atoms with E-state index in [4.69, 9.17) is 0 Å². The summed E-state index contributed by atoms with van der Waals surface area (Å²) in [6.45, 7) is 1.64. The molecule has 25 heavy (non-hydrogen) atoms. The monoisotopic (exact) mass is 350 g/mol. The molecule has 1 N–H and O–H groups in total. The van der Waals surface area contributed by atoms with Crippen LogP contribution in [0.25, 0.3) is 0 Å². The maximum absolute atomic E-state index is 12.8. The Bertz CT molecular complexity index is 821. The van der Waals surface area contributed by atoms with Gasteiger partial charge in [0.1, 0.15) is 6.04 Å². The van der Waals surface area contributed by atoms with Crippen molar-refractivity contribution >= 4 is 11.9 Å². The lowest BCUT2D eigenvalue weighted by molar-refractivity contribution is -0.137. The third-order valence-electron chi connectivity index (χ3n) is 3.73. The molecule has 1 unspecified atom stereocenters. The molecule has 3 rings (SSSR count). The summed E-state index contributed by atoms with van der Waals surface area (Å²) >= 11 is 0. The van der Waals surface area contributed by atoms with Crippen molar-refractivity contribution in [1.29, 1.82) is 0 Å². The molecule has 1 fully saturated rings. The van der Waals surface area contributed by atoms with E-state index in [1.807, 2.05) is 0 Å². The van der Waals surface area contributed by atoms with Crippen LogP contribution in [0.4, 0.5) is 18.0 Å². The molecule has 6 nitrogen and oxygen atoms in total. The molecule has 0 aliphatic carbocycles. The summed E-state index contributed by atoms with van der Waals surface area (Å²) in [6.07, 6.45) is -1.59. The number of imide groups is 1. The highest BCUT2D eigenvalue weighted by atomic mass is 19.4. The zero-order valence-electron chi connectivity index (χ0n) is 13.0. The molecule has 0 spiro atoms. The van der Waals surface area contributed by atoms with Crippen molar-refractivity contribution in [1.82, 2.24) is 20.2 Å². The van der Waals surface area contributed by atoms with Crippen LogP contribution in [0, 0.1) is 6.92 Å². The maximum atomic E-state index is 12.8. The van der Waals surface area contributed by atoms with Gasteiger partial charge in [-0.05, 0) is 24.6 Å². The highest BCUT2D eigenvalue weighted by Gasteiger charge is 2.40. The molecule has 9 heteroatoms. The summed E-state index contributed by atoms with van der Waals surface area (Å²) in [6, 6.07) is 2.49. The Balaban J connectivity index is 1.83. The van der Waals surface area contributed by atoms with E-state index in [9.17, 15) is 22.8 Å². The number of aromatic nitrogens is 2. The van der Waals surface area contributed by atoms with E-state index in [2.05, 4.69) is 15.3 Å². The molecule has 1 aliphatic heterocycles. The average molecular weight is 350 g/mol. The first-order valence-electron chi connectivity index (χ1n) is 7.32. The van der Waals surface area contributed by atoms with Gasteiger partial charge in [0, 0.05) is 6.20 Å². The number of urea groups is 1. The molecule has 130 valence electrons. The molecular formula is C16H13F3N4O2. The van der Waals surface area contributed by atoms with Gasteiger partial charge in [0.05, 0.1) is 29.7 Å². The molecule has 1 saturated heterocycles. The lowest BCUT2D eigenvalue weighted by Gasteiger charge is -2.13. The van der Waals surface area contributed by atoms with Crippen LogP contribution in [-0.4, -0.2) is 26.8 Å². The van der Waals surface area contributed by atoms with Gasteiger partial charge in [-0.3, -0.25) is 19.7 Å². The van der Waals surface area contributed by atoms with E-state index in [1.54, 1.807) is 6.92 Å². The summed E-state index contributed by atoms with van der Waals surface area (Å²) in [5.74, 6) is -0.633. The van der Waals surface area contributed by atoms with Crippen molar-refractivity contribution in [2.24, 2.45) is 0 Å². The van der Waals surface area contributed by atoms with Gasteiger partial charge in [-0.2, -0.15) is 13.2 Å².